The van der Waals surface area contributed by atoms with Crippen LogP contribution in [0, 0.1) is 5.92 Å². The normalized spacial score (nSPS) is 23.6. The third-order valence-electron chi connectivity index (χ3n) is 5.07. The number of hydrogen-bond acceptors (Lipinski definition) is 2. The highest BCUT2D eigenvalue weighted by Crippen LogP contribution is 2.31. The van der Waals surface area contributed by atoms with Gasteiger partial charge in [0.2, 0.25) is 0 Å². The van der Waals surface area contributed by atoms with Gasteiger partial charge in [-0.2, -0.15) is 0 Å². The highest BCUT2D eigenvalue weighted by atomic mass is 15.2. The summed E-state index contributed by atoms with van der Waals surface area (Å²) in [6.07, 6.45) is 7.69. The van der Waals surface area contributed by atoms with E-state index in [0.29, 0.717) is 12.0 Å². The summed E-state index contributed by atoms with van der Waals surface area (Å²) in [5.74, 6) is 0.668. The summed E-state index contributed by atoms with van der Waals surface area (Å²) >= 11 is 0. The second kappa shape index (κ2) is 6.75. The second-order valence-electron chi connectivity index (χ2n) is 5.86. The van der Waals surface area contributed by atoms with Crippen LogP contribution in [0.25, 0.3) is 0 Å². The third kappa shape index (κ3) is 3.23. The molecule has 2 nitrogen and oxygen atoms in total. The highest BCUT2D eigenvalue weighted by Gasteiger charge is 2.39. The summed E-state index contributed by atoms with van der Waals surface area (Å²) in [4.78, 5) is 2.67. The van der Waals surface area contributed by atoms with Gasteiger partial charge in [0.15, 0.2) is 0 Å². The Balaban J connectivity index is 2.77. The predicted octanol–water partition coefficient (Wildman–Crippen LogP) is 3.40. The number of likely N-dealkylation sites (tertiary alicyclic amines) is 1. The minimum atomic E-state index is 0.205. The van der Waals surface area contributed by atoms with Crippen LogP contribution in [0.15, 0.2) is 0 Å². The fraction of sp³-hybridized carbons (Fsp3) is 1.00. The minimum Gasteiger partial charge on any atom is -0.326 e. The Morgan fingerprint density at radius 2 is 1.59 bits per heavy atom. The fourth-order valence-corrected chi connectivity index (χ4v) is 3.38. The van der Waals surface area contributed by atoms with Gasteiger partial charge in [0.1, 0.15) is 0 Å². The standard InChI is InChI=1S/C15H32N2/c1-5-13(6-2)14(16)15(4,7-3)17-11-9-8-10-12-17/h13-14H,5-12,16H2,1-4H3. The summed E-state index contributed by atoms with van der Waals surface area (Å²) in [6.45, 7) is 11.7. The molecule has 2 heteroatoms. The van der Waals surface area contributed by atoms with Crippen LogP contribution in [-0.4, -0.2) is 29.6 Å². The van der Waals surface area contributed by atoms with Crippen molar-refractivity contribution in [3.8, 4) is 0 Å². The van der Waals surface area contributed by atoms with Crippen LogP contribution in [-0.2, 0) is 0 Å². The van der Waals surface area contributed by atoms with Crippen molar-refractivity contribution in [2.24, 2.45) is 11.7 Å². The molecule has 2 unspecified atom stereocenters. The van der Waals surface area contributed by atoms with Gasteiger partial charge in [-0.3, -0.25) is 4.90 Å². The first-order valence-electron chi connectivity index (χ1n) is 7.60. The van der Waals surface area contributed by atoms with Gasteiger partial charge >= 0.3 is 0 Å². The molecule has 0 aromatic heterocycles. The molecule has 17 heavy (non-hydrogen) atoms. The number of hydrogen-bond donors (Lipinski definition) is 1. The first-order valence-corrected chi connectivity index (χ1v) is 7.60. The van der Waals surface area contributed by atoms with Crippen molar-refractivity contribution in [3.63, 3.8) is 0 Å². The maximum absolute atomic E-state index is 6.62. The Hall–Kier alpha value is -0.0800. The summed E-state index contributed by atoms with van der Waals surface area (Å²) < 4.78 is 0. The van der Waals surface area contributed by atoms with Crippen molar-refractivity contribution in [3.05, 3.63) is 0 Å². The van der Waals surface area contributed by atoms with E-state index in [4.69, 9.17) is 5.73 Å². The molecule has 1 heterocycles. The van der Waals surface area contributed by atoms with Gasteiger partial charge < -0.3 is 5.73 Å². The summed E-state index contributed by atoms with van der Waals surface area (Å²) in [7, 11) is 0. The van der Waals surface area contributed by atoms with Crippen molar-refractivity contribution < 1.29 is 0 Å². The van der Waals surface area contributed by atoms with Gasteiger partial charge in [-0.05, 0) is 45.2 Å². The van der Waals surface area contributed by atoms with Gasteiger partial charge in [0.05, 0.1) is 0 Å². The first-order chi connectivity index (χ1) is 8.10. The topological polar surface area (TPSA) is 29.3 Å². The molecular weight excluding hydrogens is 208 g/mol. The van der Waals surface area contributed by atoms with Gasteiger partial charge in [-0.25, -0.2) is 0 Å². The zero-order valence-corrected chi connectivity index (χ0v) is 12.3. The lowest BCUT2D eigenvalue weighted by molar-refractivity contribution is 0.0352. The Kier molecular flexibility index (Phi) is 5.94. The molecule has 0 saturated carbocycles. The molecular formula is C15H32N2. The number of nitrogens with two attached hydrogens (primary N) is 1. The van der Waals surface area contributed by atoms with Crippen LogP contribution >= 0.6 is 0 Å². The Labute approximate surface area is 108 Å². The van der Waals surface area contributed by atoms with E-state index in [1.54, 1.807) is 0 Å². The van der Waals surface area contributed by atoms with Gasteiger partial charge in [0, 0.05) is 11.6 Å². The molecule has 1 aliphatic heterocycles. The maximum Gasteiger partial charge on any atom is 0.0332 e. The van der Waals surface area contributed by atoms with Crippen molar-refractivity contribution >= 4 is 0 Å². The lowest BCUT2D eigenvalue weighted by Crippen LogP contribution is -2.61. The number of nitrogens with zero attached hydrogens (tertiary/aromatic N) is 1. The molecule has 0 aromatic carbocycles. The quantitative estimate of drug-likeness (QED) is 0.771. The third-order valence-corrected chi connectivity index (χ3v) is 5.07. The Morgan fingerprint density at radius 1 is 1.06 bits per heavy atom. The minimum absolute atomic E-state index is 0.205. The van der Waals surface area contributed by atoms with E-state index in [2.05, 4.69) is 32.6 Å². The zero-order valence-electron chi connectivity index (χ0n) is 12.3. The smallest absolute Gasteiger partial charge is 0.0332 e. The average Bonchev–Trinajstić information content (AvgIpc) is 2.40. The molecule has 2 N–H and O–H groups in total. The van der Waals surface area contributed by atoms with E-state index in [-0.39, 0.29) is 5.54 Å². The van der Waals surface area contributed by atoms with Crippen LogP contribution in [0.5, 0.6) is 0 Å². The monoisotopic (exact) mass is 240 g/mol. The number of rotatable bonds is 6. The molecule has 0 bridgehead atoms. The fourth-order valence-electron chi connectivity index (χ4n) is 3.38. The molecule has 1 saturated heterocycles. The van der Waals surface area contributed by atoms with Gasteiger partial charge in [-0.1, -0.05) is 40.0 Å². The molecule has 1 aliphatic rings. The van der Waals surface area contributed by atoms with E-state index in [1.807, 2.05) is 0 Å². The van der Waals surface area contributed by atoms with E-state index in [1.165, 1.54) is 51.6 Å². The average molecular weight is 240 g/mol. The van der Waals surface area contributed by atoms with E-state index in [9.17, 15) is 0 Å². The molecule has 0 aromatic rings. The highest BCUT2D eigenvalue weighted by molar-refractivity contribution is 4.98. The van der Waals surface area contributed by atoms with Crippen molar-refractivity contribution in [1.29, 1.82) is 0 Å². The van der Waals surface area contributed by atoms with Crippen LogP contribution in [0.1, 0.15) is 66.2 Å². The van der Waals surface area contributed by atoms with E-state index >= 15 is 0 Å². The van der Waals surface area contributed by atoms with Crippen LogP contribution in [0.4, 0.5) is 0 Å². The van der Waals surface area contributed by atoms with E-state index < -0.39 is 0 Å². The SMILES string of the molecule is CCC(CC)C(N)C(C)(CC)N1CCCCC1. The second-order valence-corrected chi connectivity index (χ2v) is 5.86. The summed E-state index contributed by atoms with van der Waals surface area (Å²) in [5, 5.41) is 0. The molecule has 1 rings (SSSR count). The van der Waals surface area contributed by atoms with Crippen molar-refractivity contribution in [1.82, 2.24) is 4.90 Å². The van der Waals surface area contributed by atoms with Gasteiger partial charge in [0.25, 0.3) is 0 Å². The Bertz CT molecular complexity index is 207. The largest absolute Gasteiger partial charge is 0.326 e. The molecule has 1 fully saturated rings. The first kappa shape index (κ1) is 15.0. The molecule has 102 valence electrons. The molecule has 0 amide bonds. The molecule has 2 atom stereocenters. The van der Waals surface area contributed by atoms with Crippen molar-refractivity contribution in [2.75, 3.05) is 13.1 Å². The summed E-state index contributed by atoms with van der Waals surface area (Å²) in [5.41, 5.74) is 6.82. The van der Waals surface area contributed by atoms with Gasteiger partial charge in [-0.15, -0.1) is 0 Å². The van der Waals surface area contributed by atoms with E-state index in [0.717, 1.165) is 0 Å². The lowest BCUT2D eigenvalue weighted by Gasteiger charge is -2.49. The lowest BCUT2D eigenvalue weighted by atomic mass is 9.77. The molecule has 0 spiro atoms. The van der Waals surface area contributed by atoms with Crippen molar-refractivity contribution in [2.45, 2.75) is 77.8 Å². The molecule has 0 aliphatic carbocycles. The number of piperidine rings is 1. The maximum atomic E-state index is 6.62. The predicted molar refractivity (Wildman–Crippen MR) is 76.2 cm³/mol. The molecule has 0 radical (unpaired) electrons. The Morgan fingerprint density at radius 3 is 2.00 bits per heavy atom. The summed E-state index contributed by atoms with van der Waals surface area (Å²) in [6, 6.07) is 0.320. The zero-order chi connectivity index (χ0) is 12.9. The van der Waals surface area contributed by atoms with Crippen LogP contribution < -0.4 is 5.73 Å². The van der Waals surface area contributed by atoms with Crippen LogP contribution in [0.2, 0.25) is 0 Å². The van der Waals surface area contributed by atoms with Crippen LogP contribution in [0.3, 0.4) is 0 Å².